The lowest BCUT2D eigenvalue weighted by molar-refractivity contribution is -0.137. The van der Waals surface area contributed by atoms with Gasteiger partial charge in [0.05, 0.1) is 21.1 Å². The van der Waals surface area contributed by atoms with Crippen LogP contribution in [0.4, 0.5) is 13.2 Å². The monoisotopic (exact) mass is 506 g/mol. The van der Waals surface area contributed by atoms with Gasteiger partial charge < -0.3 is 4.90 Å². The van der Waals surface area contributed by atoms with E-state index in [0.29, 0.717) is 23.6 Å². The summed E-state index contributed by atoms with van der Waals surface area (Å²) in [5.41, 5.74) is 4.67. The molecule has 7 rings (SSSR count). The van der Waals surface area contributed by atoms with Gasteiger partial charge in [0.2, 0.25) is 0 Å². The Hall–Kier alpha value is -1.74. The number of hydrogen-bond donors (Lipinski definition) is 1. The van der Waals surface area contributed by atoms with Crippen molar-refractivity contribution in [1.29, 1.82) is 0 Å². The molecular formula is C25H29F3N4S2. The highest BCUT2D eigenvalue weighted by Crippen LogP contribution is 2.56. The average Bonchev–Trinajstić information content (AvgIpc) is 3.33. The summed E-state index contributed by atoms with van der Waals surface area (Å²) in [7, 11) is 0. The van der Waals surface area contributed by atoms with Crippen LogP contribution in [0.5, 0.6) is 0 Å². The molecule has 1 N–H and O–H groups in total. The van der Waals surface area contributed by atoms with Gasteiger partial charge in [0.15, 0.2) is 11.3 Å². The molecule has 4 saturated carbocycles. The first kappa shape index (κ1) is 22.7. The first-order chi connectivity index (χ1) is 16.3. The van der Waals surface area contributed by atoms with Crippen LogP contribution in [0.3, 0.4) is 0 Å². The topological polar surface area (TPSA) is 40.5 Å². The summed E-state index contributed by atoms with van der Waals surface area (Å²) in [6.45, 7) is 4.09. The summed E-state index contributed by atoms with van der Waals surface area (Å²) in [6.07, 6.45) is 2.38. The lowest BCUT2D eigenvalue weighted by Gasteiger charge is -2.57. The predicted octanol–water partition coefficient (Wildman–Crippen LogP) is 6.39. The number of nitrogens with one attached hydrogen (secondary N) is 1. The second-order valence-corrected chi connectivity index (χ2v) is 12.7. The Morgan fingerprint density at radius 3 is 2.24 bits per heavy atom. The van der Waals surface area contributed by atoms with Gasteiger partial charge in [-0.3, -0.25) is 5.43 Å². The summed E-state index contributed by atoms with van der Waals surface area (Å²) in [5.74, 6) is 4.81. The fourth-order valence-electron chi connectivity index (χ4n) is 6.99. The van der Waals surface area contributed by atoms with Crippen molar-refractivity contribution in [1.82, 2.24) is 15.3 Å². The van der Waals surface area contributed by atoms with Crippen LogP contribution in [-0.2, 0) is 11.9 Å². The minimum atomic E-state index is -4.30. The van der Waals surface area contributed by atoms with Crippen molar-refractivity contribution >= 4 is 28.9 Å². The molecule has 1 unspecified atom stereocenters. The molecule has 0 spiro atoms. The van der Waals surface area contributed by atoms with E-state index >= 15 is 0 Å². The summed E-state index contributed by atoms with van der Waals surface area (Å²) in [4.78, 5) is 8.32. The van der Waals surface area contributed by atoms with E-state index in [0.717, 1.165) is 38.8 Å². The maximum Gasteiger partial charge on any atom is 0.416 e. The van der Waals surface area contributed by atoms with Crippen molar-refractivity contribution in [3.05, 3.63) is 51.0 Å². The normalized spacial score (nSPS) is 32.3. The van der Waals surface area contributed by atoms with Crippen LogP contribution in [0, 0.1) is 37.5 Å². The maximum absolute atomic E-state index is 12.9. The van der Waals surface area contributed by atoms with Gasteiger partial charge >= 0.3 is 6.18 Å². The van der Waals surface area contributed by atoms with E-state index in [1.807, 2.05) is 6.92 Å². The number of rotatable bonds is 5. The van der Waals surface area contributed by atoms with Crippen LogP contribution in [-0.4, -0.2) is 27.3 Å². The number of amidine groups is 1. The number of aryl methyl sites for hydroxylation is 2. The fraction of sp³-hybridized carbons (Fsp3) is 0.600. The SMILES string of the molecule is Cc1nc(C)c(C2=NNC(SCc3ccc(C(F)(F)F)cc3)N2C2C3CC4CC(C3)CC2C4)s1. The van der Waals surface area contributed by atoms with Crippen LogP contribution >= 0.6 is 23.1 Å². The fourth-order valence-corrected chi connectivity index (χ4v) is 8.97. The molecule has 4 nitrogen and oxygen atoms in total. The average molecular weight is 507 g/mol. The van der Waals surface area contributed by atoms with E-state index in [-0.39, 0.29) is 5.50 Å². The van der Waals surface area contributed by atoms with Crippen molar-refractivity contribution in [3.63, 3.8) is 0 Å². The number of thiazole rings is 1. The number of alkyl halides is 3. The first-order valence-electron chi connectivity index (χ1n) is 12.1. The van der Waals surface area contributed by atoms with Crippen molar-refractivity contribution in [2.75, 3.05) is 0 Å². The lowest BCUT2D eigenvalue weighted by atomic mass is 9.54. The molecular weight excluding hydrogens is 477 g/mol. The van der Waals surface area contributed by atoms with Crippen LogP contribution in [0.2, 0.25) is 0 Å². The van der Waals surface area contributed by atoms with Crippen molar-refractivity contribution < 1.29 is 13.2 Å². The third-order valence-electron chi connectivity index (χ3n) is 8.07. The molecule has 2 aromatic rings. The quantitative estimate of drug-likeness (QED) is 0.510. The summed E-state index contributed by atoms with van der Waals surface area (Å²) in [6, 6.07) is 6.01. The van der Waals surface area contributed by atoms with Gasteiger partial charge in [0.25, 0.3) is 0 Å². The van der Waals surface area contributed by atoms with Crippen LogP contribution in [0.1, 0.15) is 58.8 Å². The second kappa shape index (κ2) is 8.43. The Labute approximate surface area is 206 Å². The van der Waals surface area contributed by atoms with Crippen LogP contribution in [0.15, 0.2) is 29.4 Å². The molecule has 5 aliphatic rings. The van der Waals surface area contributed by atoms with Gasteiger partial charge in [-0.15, -0.1) is 23.1 Å². The van der Waals surface area contributed by atoms with E-state index in [9.17, 15) is 13.2 Å². The predicted molar refractivity (Wildman–Crippen MR) is 130 cm³/mol. The minimum Gasteiger partial charge on any atom is -0.320 e. The molecule has 0 amide bonds. The highest BCUT2D eigenvalue weighted by Gasteiger charge is 2.53. The van der Waals surface area contributed by atoms with Gasteiger partial charge in [-0.05, 0) is 87.3 Å². The van der Waals surface area contributed by atoms with Gasteiger partial charge in [-0.25, -0.2) is 4.98 Å². The largest absolute Gasteiger partial charge is 0.416 e. The van der Waals surface area contributed by atoms with Gasteiger partial charge in [0.1, 0.15) is 0 Å². The summed E-state index contributed by atoms with van der Waals surface area (Å²) < 4.78 is 38.8. The second-order valence-electron chi connectivity index (χ2n) is 10.4. The molecule has 1 atom stereocenters. The summed E-state index contributed by atoms with van der Waals surface area (Å²) in [5, 5.41) is 5.87. The number of thioether (sulfide) groups is 1. The maximum atomic E-state index is 12.9. The van der Waals surface area contributed by atoms with E-state index in [1.165, 1.54) is 44.2 Å². The molecule has 0 saturated heterocycles. The van der Waals surface area contributed by atoms with Gasteiger partial charge in [-0.1, -0.05) is 12.1 Å². The standard InChI is InChI=1S/C25H29F3N4S2/c1-13-22(34-14(2)29-13)23-30-31-24(33-12-15-3-5-20(6-4-15)25(26,27)28)32(23)21-18-8-16-7-17(10-18)11-19(21)9-16/h3-6,16-19,21,24,31H,7-12H2,1-2H3. The molecule has 9 heteroatoms. The molecule has 4 bridgehead atoms. The van der Waals surface area contributed by atoms with Gasteiger partial charge in [-0.2, -0.15) is 18.3 Å². The molecule has 34 heavy (non-hydrogen) atoms. The highest BCUT2D eigenvalue weighted by molar-refractivity contribution is 7.99. The van der Waals surface area contributed by atoms with Crippen LogP contribution < -0.4 is 5.43 Å². The number of aromatic nitrogens is 1. The zero-order valence-corrected chi connectivity index (χ0v) is 20.9. The third-order valence-corrected chi connectivity index (χ3v) is 10.3. The Kier molecular flexibility index (Phi) is 5.63. The van der Waals surface area contributed by atoms with Crippen molar-refractivity contribution in [2.24, 2.45) is 28.8 Å². The third kappa shape index (κ3) is 4.02. The number of benzene rings is 1. The first-order valence-corrected chi connectivity index (χ1v) is 14.0. The molecule has 182 valence electrons. The number of hydrazone groups is 1. The molecule has 1 aromatic heterocycles. The Bertz CT molecular complexity index is 1070. The zero-order valence-electron chi connectivity index (χ0n) is 19.3. The van der Waals surface area contributed by atoms with Crippen molar-refractivity contribution in [2.45, 2.75) is 69.4 Å². The van der Waals surface area contributed by atoms with Crippen LogP contribution in [0.25, 0.3) is 0 Å². The number of nitrogens with zero attached hydrogens (tertiary/aromatic N) is 3. The molecule has 1 aromatic carbocycles. The van der Waals surface area contributed by atoms with Crippen molar-refractivity contribution in [3.8, 4) is 0 Å². The number of halogens is 3. The highest BCUT2D eigenvalue weighted by atomic mass is 32.2. The molecule has 2 heterocycles. The molecule has 4 aliphatic carbocycles. The zero-order chi connectivity index (χ0) is 23.6. The molecule has 4 fully saturated rings. The number of hydrogen-bond acceptors (Lipinski definition) is 6. The van der Waals surface area contributed by atoms with E-state index in [1.54, 1.807) is 35.2 Å². The van der Waals surface area contributed by atoms with E-state index in [4.69, 9.17) is 5.10 Å². The Balaban J connectivity index is 1.26. The lowest BCUT2D eigenvalue weighted by Crippen LogP contribution is -2.59. The Morgan fingerprint density at radius 1 is 1.03 bits per heavy atom. The van der Waals surface area contributed by atoms with E-state index in [2.05, 4.69) is 22.2 Å². The molecule has 1 aliphatic heterocycles. The minimum absolute atomic E-state index is 0.0263. The van der Waals surface area contributed by atoms with Gasteiger partial charge in [0, 0.05) is 11.8 Å². The summed E-state index contributed by atoms with van der Waals surface area (Å²) >= 11 is 3.41. The van der Waals surface area contributed by atoms with E-state index < -0.39 is 11.7 Å². The molecule has 0 radical (unpaired) electrons. The smallest absolute Gasteiger partial charge is 0.320 e. The Morgan fingerprint density at radius 2 is 1.68 bits per heavy atom.